The van der Waals surface area contributed by atoms with E-state index in [0.717, 1.165) is 17.9 Å². The molecule has 0 aromatic carbocycles. The third-order valence-electron chi connectivity index (χ3n) is 5.87. The molecule has 2 fully saturated rings. The molecule has 0 N–H and O–H groups in total. The molecular weight excluding hydrogens is 232 g/mol. The molecule has 19 heavy (non-hydrogen) atoms. The van der Waals surface area contributed by atoms with Crippen molar-refractivity contribution in [3.63, 3.8) is 0 Å². The van der Waals surface area contributed by atoms with Crippen molar-refractivity contribution in [1.29, 1.82) is 0 Å². The van der Waals surface area contributed by atoms with Gasteiger partial charge in [0.25, 0.3) is 0 Å². The topological polar surface area (TPSA) is 6.48 Å². The summed E-state index contributed by atoms with van der Waals surface area (Å²) >= 11 is 0. The minimum Gasteiger partial charge on any atom is -0.304 e. The molecule has 1 atom stereocenters. The van der Waals surface area contributed by atoms with Crippen LogP contribution in [0.2, 0.25) is 0 Å². The molecule has 2 aliphatic rings. The Morgan fingerprint density at radius 1 is 0.895 bits per heavy atom. The highest BCUT2D eigenvalue weighted by molar-refractivity contribution is 4.86. The Morgan fingerprint density at radius 3 is 1.89 bits per heavy atom. The van der Waals surface area contributed by atoms with Gasteiger partial charge in [-0.2, -0.15) is 0 Å². The van der Waals surface area contributed by atoms with Crippen molar-refractivity contribution >= 4 is 0 Å². The molecule has 0 spiro atoms. The minimum absolute atomic E-state index is 0.478. The van der Waals surface area contributed by atoms with Crippen molar-refractivity contribution in [2.24, 2.45) is 17.3 Å². The molecule has 0 bridgehead atoms. The Morgan fingerprint density at radius 2 is 1.42 bits per heavy atom. The molecule has 0 radical (unpaired) electrons. The fraction of sp³-hybridized carbons (Fsp3) is 1.00. The molecule has 1 aliphatic carbocycles. The fourth-order valence-electron chi connectivity index (χ4n) is 3.86. The van der Waals surface area contributed by atoms with E-state index >= 15 is 0 Å². The first-order valence-electron chi connectivity index (χ1n) is 8.30. The molecular formula is C17H34N2. The van der Waals surface area contributed by atoms with E-state index in [1.165, 1.54) is 51.9 Å². The van der Waals surface area contributed by atoms with E-state index in [-0.39, 0.29) is 0 Å². The Kier molecular flexibility index (Phi) is 4.94. The van der Waals surface area contributed by atoms with Crippen LogP contribution < -0.4 is 0 Å². The lowest BCUT2D eigenvalue weighted by molar-refractivity contribution is 0.0585. The molecule has 1 heterocycles. The molecule has 2 rings (SSSR count). The van der Waals surface area contributed by atoms with E-state index in [0.29, 0.717) is 5.41 Å². The van der Waals surface area contributed by atoms with Gasteiger partial charge in [0.05, 0.1) is 0 Å². The molecule has 1 saturated carbocycles. The van der Waals surface area contributed by atoms with Gasteiger partial charge in [0.2, 0.25) is 0 Å². The second-order valence-electron chi connectivity index (χ2n) is 8.06. The first-order chi connectivity index (χ1) is 8.88. The van der Waals surface area contributed by atoms with Crippen LogP contribution in [0.5, 0.6) is 0 Å². The predicted molar refractivity (Wildman–Crippen MR) is 83.4 cm³/mol. The van der Waals surface area contributed by atoms with Gasteiger partial charge in [-0.15, -0.1) is 0 Å². The summed E-state index contributed by atoms with van der Waals surface area (Å²) in [5, 5.41) is 0. The van der Waals surface area contributed by atoms with Crippen LogP contribution in [0.3, 0.4) is 0 Å². The van der Waals surface area contributed by atoms with Crippen molar-refractivity contribution in [2.45, 2.75) is 59.4 Å². The maximum Gasteiger partial charge on any atom is 0.0113 e. The van der Waals surface area contributed by atoms with Crippen molar-refractivity contribution < 1.29 is 0 Å². The molecule has 0 aromatic heterocycles. The predicted octanol–water partition coefficient (Wildman–Crippen LogP) is 3.47. The average molecular weight is 266 g/mol. The van der Waals surface area contributed by atoms with Gasteiger partial charge in [-0.3, -0.25) is 4.90 Å². The lowest BCUT2D eigenvalue weighted by Gasteiger charge is -2.44. The number of piperazine rings is 1. The highest BCUT2D eigenvalue weighted by Crippen LogP contribution is 2.40. The first kappa shape index (κ1) is 15.3. The van der Waals surface area contributed by atoms with Crippen LogP contribution in [-0.4, -0.2) is 49.1 Å². The van der Waals surface area contributed by atoms with E-state index in [1.54, 1.807) is 0 Å². The monoisotopic (exact) mass is 266 g/mol. The fourth-order valence-corrected chi connectivity index (χ4v) is 3.86. The van der Waals surface area contributed by atoms with E-state index in [4.69, 9.17) is 0 Å². The quantitative estimate of drug-likeness (QED) is 0.755. The summed E-state index contributed by atoms with van der Waals surface area (Å²) in [5.41, 5.74) is 0.478. The van der Waals surface area contributed by atoms with Gasteiger partial charge in [0.15, 0.2) is 0 Å². The van der Waals surface area contributed by atoms with E-state index in [2.05, 4.69) is 44.5 Å². The summed E-state index contributed by atoms with van der Waals surface area (Å²) < 4.78 is 0. The molecule has 0 amide bonds. The first-order valence-corrected chi connectivity index (χ1v) is 8.30. The summed E-state index contributed by atoms with van der Waals surface area (Å²) in [6.07, 6.45) is 5.79. The molecule has 0 unspecified atom stereocenters. The lowest BCUT2D eigenvalue weighted by Crippen LogP contribution is -2.50. The molecule has 0 aromatic rings. The second kappa shape index (κ2) is 6.13. The Bertz CT molecular complexity index is 265. The average Bonchev–Trinajstić information content (AvgIpc) is 2.38. The summed E-state index contributed by atoms with van der Waals surface area (Å²) in [4.78, 5) is 5.22. The Labute approximate surface area is 120 Å². The van der Waals surface area contributed by atoms with Gasteiger partial charge in [0.1, 0.15) is 0 Å². The number of hydrogen-bond donors (Lipinski definition) is 0. The molecule has 1 aliphatic heterocycles. The number of hydrogen-bond acceptors (Lipinski definition) is 2. The van der Waals surface area contributed by atoms with Crippen LogP contribution in [0.4, 0.5) is 0 Å². The number of likely N-dealkylation sites (N-methyl/N-ethyl adjacent to an activating group) is 1. The van der Waals surface area contributed by atoms with Crippen LogP contribution in [0, 0.1) is 17.3 Å². The third-order valence-corrected chi connectivity index (χ3v) is 5.87. The molecule has 2 heteroatoms. The molecule has 1 saturated heterocycles. The summed E-state index contributed by atoms with van der Waals surface area (Å²) in [6.45, 7) is 14.8. The largest absolute Gasteiger partial charge is 0.304 e. The van der Waals surface area contributed by atoms with Gasteiger partial charge in [0, 0.05) is 32.2 Å². The summed E-state index contributed by atoms with van der Waals surface area (Å²) in [7, 11) is 2.25. The van der Waals surface area contributed by atoms with Gasteiger partial charge >= 0.3 is 0 Å². The number of rotatable bonds is 2. The number of nitrogens with zero attached hydrogens (tertiary/aromatic N) is 2. The van der Waals surface area contributed by atoms with Gasteiger partial charge < -0.3 is 4.90 Å². The van der Waals surface area contributed by atoms with Crippen molar-refractivity contribution in [1.82, 2.24) is 9.80 Å². The molecule has 2 nitrogen and oxygen atoms in total. The maximum absolute atomic E-state index is 2.76. The van der Waals surface area contributed by atoms with E-state index in [1.807, 2.05) is 0 Å². The van der Waals surface area contributed by atoms with Crippen LogP contribution in [-0.2, 0) is 0 Å². The van der Waals surface area contributed by atoms with Crippen LogP contribution >= 0.6 is 0 Å². The van der Waals surface area contributed by atoms with Crippen molar-refractivity contribution in [3.05, 3.63) is 0 Å². The minimum atomic E-state index is 0.478. The van der Waals surface area contributed by atoms with Crippen LogP contribution in [0.15, 0.2) is 0 Å². The zero-order chi connectivity index (χ0) is 14.0. The second-order valence-corrected chi connectivity index (χ2v) is 8.06. The smallest absolute Gasteiger partial charge is 0.0113 e. The lowest BCUT2D eigenvalue weighted by atomic mass is 9.68. The van der Waals surface area contributed by atoms with E-state index in [9.17, 15) is 0 Å². The maximum atomic E-state index is 2.76. The highest BCUT2D eigenvalue weighted by Gasteiger charge is 2.33. The van der Waals surface area contributed by atoms with Crippen LogP contribution in [0.1, 0.15) is 53.4 Å². The van der Waals surface area contributed by atoms with Crippen molar-refractivity contribution in [2.75, 3.05) is 33.2 Å². The highest BCUT2D eigenvalue weighted by atomic mass is 15.3. The van der Waals surface area contributed by atoms with Crippen LogP contribution in [0.25, 0.3) is 0 Å². The Hall–Kier alpha value is -0.0800. The van der Waals surface area contributed by atoms with E-state index < -0.39 is 0 Å². The van der Waals surface area contributed by atoms with Gasteiger partial charge in [-0.25, -0.2) is 0 Å². The van der Waals surface area contributed by atoms with Gasteiger partial charge in [-0.05, 0) is 50.0 Å². The normalized spacial score (nSPS) is 33.3. The zero-order valence-corrected chi connectivity index (χ0v) is 13.8. The zero-order valence-electron chi connectivity index (χ0n) is 13.8. The molecule has 112 valence electrons. The third kappa shape index (κ3) is 3.95. The summed E-state index contributed by atoms with van der Waals surface area (Å²) in [6, 6.07) is 0.886. The standard InChI is InChI=1S/C17H34N2/c1-14(17(2,3)4)15-6-8-16(9-7-15)19-12-10-18(5)11-13-19/h14-16H,6-13H2,1-5H3/t14-,15-,16-/m1/s1. The summed E-state index contributed by atoms with van der Waals surface area (Å²) in [5.74, 6) is 1.82. The van der Waals surface area contributed by atoms with Gasteiger partial charge in [-0.1, -0.05) is 27.7 Å². The van der Waals surface area contributed by atoms with Crippen molar-refractivity contribution in [3.8, 4) is 0 Å². The Balaban J connectivity index is 1.79. The SMILES string of the molecule is C[C@H]([C@H]1CC[C@H](N2CCN(C)CC2)CC1)C(C)(C)C.